The Balaban J connectivity index is 1.26. The zero-order chi connectivity index (χ0) is 20.8. The van der Waals surface area contributed by atoms with Crippen molar-refractivity contribution in [2.75, 3.05) is 6.54 Å². The van der Waals surface area contributed by atoms with Crippen molar-refractivity contribution >= 4 is 16.8 Å². The highest BCUT2D eigenvalue weighted by Crippen LogP contribution is 2.17. The van der Waals surface area contributed by atoms with Gasteiger partial charge in [-0.05, 0) is 30.5 Å². The number of carbonyl (C=O) groups excluding carboxylic acids is 1. The third-order valence-electron chi connectivity index (χ3n) is 5.10. The number of benzene rings is 2. The summed E-state index contributed by atoms with van der Waals surface area (Å²) in [5.41, 5.74) is 3.85. The van der Waals surface area contributed by atoms with Gasteiger partial charge in [-0.25, -0.2) is 4.68 Å². The summed E-state index contributed by atoms with van der Waals surface area (Å²) in [5.74, 6) is -0.0119. The van der Waals surface area contributed by atoms with Crippen molar-refractivity contribution in [3.8, 4) is 11.3 Å². The first-order valence-electron chi connectivity index (χ1n) is 10.2. The van der Waals surface area contributed by atoms with Gasteiger partial charge in [-0.3, -0.25) is 9.59 Å². The van der Waals surface area contributed by atoms with Crippen LogP contribution in [0.5, 0.6) is 0 Å². The number of aryl methyl sites for hydroxylation is 1. The first-order chi connectivity index (χ1) is 14.7. The molecule has 0 atom stereocenters. The fourth-order valence-corrected chi connectivity index (χ4v) is 3.52. The Hall–Kier alpha value is -3.67. The zero-order valence-corrected chi connectivity index (χ0v) is 16.7. The van der Waals surface area contributed by atoms with Crippen LogP contribution in [0.15, 0.2) is 77.7 Å². The monoisotopic (exact) mass is 400 g/mol. The van der Waals surface area contributed by atoms with Gasteiger partial charge in [0.05, 0.1) is 5.69 Å². The van der Waals surface area contributed by atoms with Gasteiger partial charge < -0.3 is 10.3 Å². The van der Waals surface area contributed by atoms with Crippen LogP contribution in [0, 0.1) is 0 Å². The van der Waals surface area contributed by atoms with Crippen molar-refractivity contribution in [1.82, 2.24) is 20.1 Å². The molecule has 0 fully saturated rings. The highest BCUT2D eigenvalue weighted by atomic mass is 16.1. The minimum atomic E-state index is -0.158. The topological polar surface area (TPSA) is 79.8 Å². The molecule has 6 heteroatoms. The van der Waals surface area contributed by atoms with Crippen LogP contribution in [0.25, 0.3) is 22.2 Å². The van der Waals surface area contributed by atoms with E-state index in [1.54, 1.807) is 6.07 Å². The van der Waals surface area contributed by atoms with E-state index in [1.165, 1.54) is 21.7 Å². The van der Waals surface area contributed by atoms with Crippen LogP contribution in [0.1, 0.15) is 18.4 Å². The van der Waals surface area contributed by atoms with E-state index in [1.807, 2.05) is 54.7 Å². The van der Waals surface area contributed by atoms with E-state index in [-0.39, 0.29) is 11.5 Å². The summed E-state index contributed by atoms with van der Waals surface area (Å²) in [6.07, 6.45) is 3.69. The molecule has 0 aliphatic heterocycles. The Kier molecular flexibility index (Phi) is 6.03. The van der Waals surface area contributed by atoms with Gasteiger partial charge in [0, 0.05) is 48.2 Å². The Bertz CT molecular complexity index is 1190. The number of para-hydroxylation sites is 1. The molecule has 2 aromatic carbocycles. The molecular formula is C24H24N4O2. The number of hydrogen-bond acceptors (Lipinski definition) is 3. The Labute approximate surface area is 174 Å². The van der Waals surface area contributed by atoms with Crippen LogP contribution in [-0.4, -0.2) is 27.2 Å². The van der Waals surface area contributed by atoms with E-state index in [9.17, 15) is 9.59 Å². The van der Waals surface area contributed by atoms with Crippen molar-refractivity contribution < 1.29 is 4.79 Å². The summed E-state index contributed by atoms with van der Waals surface area (Å²) in [4.78, 5) is 27.5. The van der Waals surface area contributed by atoms with Crippen LogP contribution in [0.3, 0.4) is 0 Å². The Morgan fingerprint density at radius 1 is 1.00 bits per heavy atom. The summed E-state index contributed by atoms with van der Waals surface area (Å²) in [5, 5.41) is 8.59. The Morgan fingerprint density at radius 2 is 1.80 bits per heavy atom. The molecule has 4 rings (SSSR count). The smallest absolute Gasteiger partial charge is 0.266 e. The summed E-state index contributed by atoms with van der Waals surface area (Å²) in [7, 11) is 0. The number of amides is 1. The third kappa shape index (κ3) is 4.66. The standard InChI is InChI=1S/C24H24N4O2/c29-23(25-15-14-19-17-26-22-10-5-4-9-20(19)22)11-6-16-28-24(30)13-12-21(27-28)18-7-2-1-3-8-18/h1-5,7-10,12-13,17,26H,6,11,14-16H2,(H,25,29). The van der Waals surface area contributed by atoms with Crippen molar-refractivity contribution in [3.05, 3.63) is 88.8 Å². The van der Waals surface area contributed by atoms with Crippen molar-refractivity contribution in [2.24, 2.45) is 0 Å². The minimum Gasteiger partial charge on any atom is -0.361 e. The van der Waals surface area contributed by atoms with Crippen LogP contribution in [0.4, 0.5) is 0 Å². The van der Waals surface area contributed by atoms with E-state index < -0.39 is 0 Å². The van der Waals surface area contributed by atoms with Crippen molar-refractivity contribution in [3.63, 3.8) is 0 Å². The first-order valence-corrected chi connectivity index (χ1v) is 10.2. The molecule has 30 heavy (non-hydrogen) atoms. The van der Waals surface area contributed by atoms with Crippen molar-refractivity contribution in [2.45, 2.75) is 25.8 Å². The van der Waals surface area contributed by atoms with E-state index in [4.69, 9.17) is 0 Å². The number of nitrogens with one attached hydrogen (secondary N) is 2. The second kappa shape index (κ2) is 9.22. The molecule has 0 saturated carbocycles. The summed E-state index contributed by atoms with van der Waals surface area (Å²) in [6.45, 7) is 0.998. The normalized spacial score (nSPS) is 10.9. The lowest BCUT2D eigenvalue weighted by Gasteiger charge is -2.08. The maximum atomic E-state index is 12.2. The van der Waals surface area contributed by atoms with Gasteiger partial charge in [0.25, 0.3) is 5.56 Å². The fourth-order valence-electron chi connectivity index (χ4n) is 3.52. The van der Waals surface area contributed by atoms with E-state index in [2.05, 4.69) is 21.5 Å². The lowest BCUT2D eigenvalue weighted by Crippen LogP contribution is -2.27. The summed E-state index contributed by atoms with van der Waals surface area (Å²) in [6, 6.07) is 21.1. The molecule has 6 nitrogen and oxygen atoms in total. The van der Waals surface area contributed by atoms with Gasteiger partial charge in [-0.1, -0.05) is 48.5 Å². The second-order valence-corrected chi connectivity index (χ2v) is 7.21. The predicted molar refractivity (Wildman–Crippen MR) is 118 cm³/mol. The van der Waals surface area contributed by atoms with Gasteiger partial charge >= 0.3 is 0 Å². The lowest BCUT2D eigenvalue weighted by molar-refractivity contribution is -0.121. The molecule has 0 aliphatic carbocycles. The highest BCUT2D eigenvalue weighted by molar-refractivity contribution is 5.83. The molecule has 0 bridgehead atoms. The SMILES string of the molecule is O=C(CCCn1nc(-c2ccccc2)ccc1=O)NCCc1c[nH]c2ccccc12. The fraction of sp³-hybridized carbons (Fsp3) is 0.208. The maximum Gasteiger partial charge on any atom is 0.266 e. The molecule has 0 spiro atoms. The number of aromatic nitrogens is 3. The first kappa shape index (κ1) is 19.6. The second-order valence-electron chi connectivity index (χ2n) is 7.21. The average Bonchev–Trinajstić information content (AvgIpc) is 3.19. The summed E-state index contributed by atoms with van der Waals surface area (Å²) < 4.78 is 1.43. The quantitative estimate of drug-likeness (QED) is 0.475. The van der Waals surface area contributed by atoms with Gasteiger partial charge in [-0.15, -0.1) is 0 Å². The number of hydrogen-bond donors (Lipinski definition) is 2. The van der Waals surface area contributed by atoms with Gasteiger partial charge in [0.15, 0.2) is 0 Å². The lowest BCUT2D eigenvalue weighted by atomic mass is 10.1. The molecule has 0 aliphatic rings. The number of carbonyl (C=O) groups is 1. The van der Waals surface area contributed by atoms with Gasteiger partial charge in [-0.2, -0.15) is 5.10 Å². The Morgan fingerprint density at radius 3 is 2.67 bits per heavy atom. The highest BCUT2D eigenvalue weighted by Gasteiger charge is 2.07. The number of aromatic amines is 1. The zero-order valence-electron chi connectivity index (χ0n) is 16.7. The molecule has 2 N–H and O–H groups in total. The van der Waals surface area contributed by atoms with Crippen LogP contribution >= 0.6 is 0 Å². The molecule has 0 unspecified atom stereocenters. The molecule has 2 aromatic heterocycles. The molecular weight excluding hydrogens is 376 g/mol. The summed E-state index contributed by atoms with van der Waals surface area (Å²) >= 11 is 0. The van der Waals surface area contributed by atoms with E-state index in [0.717, 1.165) is 23.2 Å². The maximum absolute atomic E-state index is 12.2. The molecule has 1 amide bonds. The molecule has 4 aromatic rings. The number of fused-ring (bicyclic) bond motifs is 1. The molecule has 0 saturated heterocycles. The average molecular weight is 400 g/mol. The van der Waals surface area contributed by atoms with E-state index >= 15 is 0 Å². The largest absolute Gasteiger partial charge is 0.361 e. The minimum absolute atomic E-state index is 0.0119. The van der Waals surface area contributed by atoms with E-state index in [0.29, 0.717) is 25.9 Å². The van der Waals surface area contributed by atoms with Crippen LogP contribution < -0.4 is 10.9 Å². The third-order valence-corrected chi connectivity index (χ3v) is 5.10. The van der Waals surface area contributed by atoms with Gasteiger partial charge in [0.1, 0.15) is 0 Å². The van der Waals surface area contributed by atoms with Crippen molar-refractivity contribution in [1.29, 1.82) is 0 Å². The van der Waals surface area contributed by atoms with Crippen LogP contribution in [0.2, 0.25) is 0 Å². The predicted octanol–water partition coefficient (Wildman–Crippen LogP) is 3.53. The molecule has 152 valence electrons. The molecule has 2 heterocycles. The number of H-pyrrole nitrogens is 1. The number of nitrogens with zero attached hydrogens (tertiary/aromatic N) is 2. The molecule has 0 radical (unpaired) electrons. The number of rotatable bonds is 8. The van der Waals surface area contributed by atoms with Crippen LogP contribution in [-0.2, 0) is 17.8 Å². The van der Waals surface area contributed by atoms with Gasteiger partial charge in [0.2, 0.25) is 5.91 Å².